The van der Waals surface area contributed by atoms with E-state index in [1.165, 1.54) is 38.5 Å². The fourth-order valence-electron chi connectivity index (χ4n) is 5.87. The summed E-state index contributed by atoms with van der Waals surface area (Å²) < 4.78 is 0. The van der Waals surface area contributed by atoms with Gasteiger partial charge >= 0.3 is 0 Å². The van der Waals surface area contributed by atoms with Crippen LogP contribution in [-0.4, -0.2) is 11.6 Å². The van der Waals surface area contributed by atoms with Gasteiger partial charge < -0.3 is 0 Å². The second-order valence-corrected chi connectivity index (χ2v) is 7.13. The minimum Gasteiger partial charge on any atom is -0.291 e. The molecule has 0 aromatic rings. The first-order valence-electron chi connectivity index (χ1n) is 7.82. The van der Waals surface area contributed by atoms with Crippen molar-refractivity contribution < 1.29 is 9.59 Å². The van der Waals surface area contributed by atoms with E-state index in [-0.39, 0.29) is 17.5 Å². The van der Waals surface area contributed by atoms with E-state index >= 15 is 0 Å². The number of ketones is 2. The number of fused-ring (bicyclic) bond motifs is 5. The Morgan fingerprint density at radius 1 is 0.778 bits per heavy atom. The summed E-state index contributed by atoms with van der Waals surface area (Å²) in [7, 11) is 0. The highest BCUT2D eigenvalue weighted by molar-refractivity contribution is 6.40. The largest absolute Gasteiger partial charge is 0.291 e. The molecule has 0 amide bonds. The summed E-state index contributed by atoms with van der Waals surface area (Å²) in [4.78, 5) is 23.8. The smallest absolute Gasteiger partial charge is 0.202 e. The van der Waals surface area contributed by atoms with Gasteiger partial charge in [0.25, 0.3) is 0 Å². The highest BCUT2D eigenvalue weighted by Crippen LogP contribution is 2.58. The van der Waals surface area contributed by atoms with Crippen LogP contribution in [0.5, 0.6) is 0 Å². The average Bonchev–Trinajstić information content (AvgIpc) is 2.88. The maximum absolute atomic E-state index is 12.1. The molecule has 98 valence electrons. The molecular formula is C16H22O2. The van der Waals surface area contributed by atoms with Crippen LogP contribution in [0.2, 0.25) is 0 Å². The Hall–Kier alpha value is -0.660. The third kappa shape index (κ3) is 1.41. The molecule has 4 aliphatic rings. The predicted molar refractivity (Wildman–Crippen MR) is 67.9 cm³/mol. The zero-order valence-corrected chi connectivity index (χ0v) is 10.9. The second kappa shape index (κ2) is 3.91. The van der Waals surface area contributed by atoms with Gasteiger partial charge in [-0.1, -0.05) is 19.3 Å². The van der Waals surface area contributed by atoms with Crippen LogP contribution in [0.3, 0.4) is 0 Å². The predicted octanol–water partition coefficient (Wildman–Crippen LogP) is 3.00. The molecule has 18 heavy (non-hydrogen) atoms. The third-order valence-corrected chi connectivity index (χ3v) is 6.51. The number of Topliss-reactive ketones (excluding diaryl/α,β-unsaturated/α-hetero) is 2. The van der Waals surface area contributed by atoms with E-state index in [2.05, 4.69) is 0 Å². The van der Waals surface area contributed by atoms with Crippen molar-refractivity contribution >= 4 is 11.6 Å². The quantitative estimate of drug-likeness (QED) is 0.616. The molecule has 0 bridgehead atoms. The number of rotatable bonds is 0. The van der Waals surface area contributed by atoms with E-state index in [4.69, 9.17) is 0 Å². The first kappa shape index (κ1) is 11.2. The molecule has 6 atom stereocenters. The summed E-state index contributed by atoms with van der Waals surface area (Å²) in [5.41, 5.74) is 0. The van der Waals surface area contributed by atoms with Gasteiger partial charge in [0.05, 0.1) is 0 Å². The Bertz CT molecular complexity index is 400. The number of hydrogen-bond acceptors (Lipinski definition) is 2. The zero-order chi connectivity index (χ0) is 12.3. The second-order valence-electron chi connectivity index (χ2n) is 7.13. The lowest BCUT2D eigenvalue weighted by molar-refractivity contribution is -0.137. The lowest BCUT2D eigenvalue weighted by atomic mass is 9.66. The van der Waals surface area contributed by atoms with E-state index in [1.807, 2.05) is 0 Å². The first-order chi connectivity index (χ1) is 8.75. The molecule has 4 fully saturated rings. The van der Waals surface area contributed by atoms with Crippen LogP contribution in [-0.2, 0) is 9.59 Å². The first-order valence-corrected chi connectivity index (χ1v) is 7.82. The molecule has 0 heterocycles. The van der Waals surface area contributed by atoms with E-state index in [1.54, 1.807) is 0 Å². The van der Waals surface area contributed by atoms with Gasteiger partial charge in [-0.15, -0.1) is 0 Å². The van der Waals surface area contributed by atoms with Crippen molar-refractivity contribution in [2.75, 3.05) is 0 Å². The topological polar surface area (TPSA) is 34.1 Å². The fourth-order valence-corrected chi connectivity index (χ4v) is 5.87. The Morgan fingerprint density at radius 3 is 2.50 bits per heavy atom. The SMILES string of the molecule is O=C1CC2CCC3C4CCCCC4CC3C2C1=O. The summed E-state index contributed by atoms with van der Waals surface area (Å²) in [6.07, 6.45) is 9.84. The van der Waals surface area contributed by atoms with Crippen molar-refractivity contribution in [3.63, 3.8) is 0 Å². The van der Waals surface area contributed by atoms with Gasteiger partial charge in [0.15, 0.2) is 5.78 Å². The molecule has 0 aromatic heterocycles. The van der Waals surface area contributed by atoms with E-state index in [0.29, 0.717) is 18.3 Å². The molecule has 4 rings (SSSR count). The van der Waals surface area contributed by atoms with Crippen LogP contribution in [0.15, 0.2) is 0 Å². The van der Waals surface area contributed by atoms with Gasteiger partial charge in [-0.25, -0.2) is 0 Å². The Labute approximate surface area is 109 Å². The minimum atomic E-state index is -0.0551. The Morgan fingerprint density at radius 2 is 1.61 bits per heavy atom. The molecule has 0 radical (unpaired) electrons. The molecule has 0 aliphatic heterocycles. The molecule has 0 spiro atoms. The molecule has 6 unspecified atom stereocenters. The molecule has 2 nitrogen and oxygen atoms in total. The Kier molecular flexibility index (Phi) is 2.43. The molecular weight excluding hydrogens is 224 g/mol. The number of carbonyl (C=O) groups is 2. The summed E-state index contributed by atoms with van der Waals surface area (Å²) >= 11 is 0. The number of hydrogen-bond donors (Lipinski definition) is 0. The maximum Gasteiger partial charge on any atom is 0.202 e. The van der Waals surface area contributed by atoms with Crippen molar-refractivity contribution in [2.45, 2.75) is 51.4 Å². The lowest BCUT2D eigenvalue weighted by Crippen LogP contribution is -2.35. The van der Waals surface area contributed by atoms with Crippen LogP contribution in [0.1, 0.15) is 51.4 Å². The van der Waals surface area contributed by atoms with Gasteiger partial charge in [-0.3, -0.25) is 9.59 Å². The van der Waals surface area contributed by atoms with Gasteiger partial charge in [0.2, 0.25) is 5.78 Å². The molecule has 0 N–H and O–H groups in total. The van der Waals surface area contributed by atoms with Crippen LogP contribution < -0.4 is 0 Å². The molecule has 4 saturated carbocycles. The highest BCUT2D eigenvalue weighted by Gasteiger charge is 2.56. The molecule has 4 aliphatic carbocycles. The summed E-state index contributed by atoms with van der Waals surface area (Å²) in [5, 5.41) is 0. The molecule has 0 saturated heterocycles. The summed E-state index contributed by atoms with van der Waals surface area (Å²) in [6.45, 7) is 0. The van der Waals surface area contributed by atoms with Crippen LogP contribution in [0, 0.1) is 35.5 Å². The van der Waals surface area contributed by atoms with Crippen LogP contribution in [0.25, 0.3) is 0 Å². The van der Waals surface area contributed by atoms with Crippen molar-refractivity contribution in [1.82, 2.24) is 0 Å². The zero-order valence-electron chi connectivity index (χ0n) is 10.9. The lowest BCUT2D eigenvalue weighted by Gasteiger charge is -2.37. The molecule has 2 heteroatoms. The maximum atomic E-state index is 12.1. The number of carbonyl (C=O) groups excluding carboxylic acids is 2. The van der Waals surface area contributed by atoms with E-state index < -0.39 is 0 Å². The van der Waals surface area contributed by atoms with Gasteiger partial charge in [0.1, 0.15) is 0 Å². The van der Waals surface area contributed by atoms with Gasteiger partial charge in [-0.2, -0.15) is 0 Å². The van der Waals surface area contributed by atoms with Crippen LogP contribution in [0.4, 0.5) is 0 Å². The monoisotopic (exact) mass is 246 g/mol. The normalized spacial score (nSPS) is 50.9. The van der Waals surface area contributed by atoms with Crippen molar-refractivity contribution in [3.05, 3.63) is 0 Å². The average molecular weight is 246 g/mol. The van der Waals surface area contributed by atoms with Gasteiger partial charge in [-0.05, 0) is 55.3 Å². The Balaban J connectivity index is 1.64. The summed E-state index contributed by atoms with van der Waals surface area (Å²) in [6, 6.07) is 0. The standard InChI is InChI=1S/C16H22O2/c17-14-8-10-5-6-12-11-4-2-1-3-9(11)7-13(12)15(10)16(14)18/h9-13,15H,1-8H2. The minimum absolute atomic E-state index is 0.00773. The van der Waals surface area contributed by atoms with Crippen molar-refractivity contribution in [2.24, 2.45) is 35.5 Å². The van der Waals surface area contributed by atoms with Crippen LogP contribution >= 0.6 is 0 Å². The third-order valence-electron chi connectivity index (χ3n) is 6.51. The fraction of sp³-hybridized carbons (Fsp3) is 0.875. The van der Waals surface area contributed by atoms with Gasteiger partial charge in [0, 0.05) is 12.3 Å². The van der Waals surface area contributed by atoms with E-state index in [0.717, 1.165) is 24.2 Å². The summed E-state index contributed by atoms with van der Waals surface area (Å²) in [5.74, 6) is 3.66. The van der Waals surface area contributed by atoms with Crippen molar-refractivity contribution in [3.8, 4) is 0 Å². The van der Waals surface area contributed by atoms with Crippen molar-refractivity contribution in [1.29, 1.82) is 0 Å². The highest BCUT2D eigenvalue weighted by atomic mass is 16.2. The van der Waals surface area contributed by atoms with E-state index in [9.17, 15) is 9.59 Å². The molecule has 0 aromatic carbocycles.